The molecule has 1 fully saturated rings. The van der Waals surface area contributed by atoms with Crippen molar-refractivity contribution in [2.75, 3.05) is 36.4 Å². The van der Waals surface area contributed by atoms with Gasteiger partial charge in [-0.05, 0) is 35.4 Å². The Morgan fingerprint density at radius 3 is 2.21 bits per heavy atom. The van der Waals surface area contributed by atoms with Crippen LogP contribution in [0.5, 0.6) is 0 Å². The SMILES string of the molecule is N#Cc1cc2ccccc2nc1-c1c(C(N)=O)ccc(NCc2ccccc2)c1N1CCN(Cc2ccccc2)CC1. The fourth-order valence-corrected chi connectivity index (χ4v) is 5.66. The number of nitrogens with zero attached hydrogens (tertiary/aromatic N) is 4. The highest BCUT2D eigenvalue weighted by molar-refractivity contribution is 6.06. The van der Waals surface area contributed by atoms with Crippen molar-refractivity contribution >= 4 is 28.2 Å². The molecule has 0 aliphatic carbocycles. The summed E-state index contributed by atoms with van der Waals surface area (Å²) in [7, 11) is 0. The Morgan fingerprint density at radius 1 is 0.857 bits per heavy atom. The smallest absolute Gasteiger partial charge is 0.249 e. The minimum atomic E-state index is -0.553. The first kappa shape index (κ1) is 27.0. The van der Waals surface area contributed by atoms with Crippen LogP contribution in [0.3, 0.4) is 0 Å². The number of nitrogens with one attached hydrogen (secondary N) is 1. The molecule has 7 heteroatoms. The van der Waals surface area contributed by atoms with Gasteiger partial charge in [-0.2, -0.15) is 5.26 Å². The molecule has 2 heterocycles. The number of carbonyl (C=O) groups excluding carboxylic acids is 1. The van der Waals surface area contributed by atoms with Gasteiger partial charge >= 0.3 is 0 Å². The summed E-state index contributed by atoms with van der Waals surface area (Å²) in [5.41, 5.74) is 12.7. The number of hydrogen-bond donors (Lipinski definition) is 2. The summed E-state index contributed by atoms with van der Waals surface area (Å²) < 4.78 is 0. The van der Waals surface area contributed by atoms with Crippen LogP contribution in [0.2, 0.25) is 0 Å². The van der Waals surface area contributed by atoms with Crippen LogP contribution in [0.4, 0.5) is 11.4 Å². The van der Waals surface area contributed by atoms with E-state index in [9.17, 15) is 10.1 Å². The molecule has 0 bridgehead atoms. The van der Waals surface area contributed by atoms with Crippen molar-refractivity contribution in [3.8, 4) is 17.3 Å². The molecule has 0 atom stereocenters. The van der Waals surface area contributed by atoms with Crippen molar-refractivity contribution in [1.82, 2.24) is 9.88 Å². The number of para-hydroxylation sites is 1. The van der Waals surface area contributed by atoms with Crippen LogP contribution >= 0.6 is 0 Å². The van der Waals surface area contributed by atoms with Crippen molar-refractivity contribution in [1.29, 1.82) is 5.26 Å². The first-order valence-electron chi connectivity index (χ1n) is 14.2. The number of carbonyl (C=O) groups is 1. The van der Waals surface area contributed by atoms with Crippen LogP contribution in [0.25, 0.3) is 22.2 Å². The minimum absolute atomic E-state index is 0.348. The van der Waals surface area contributed by atoms with E-state index in [4.69, 9.17) is 10.7 Å². The number of fused-ring (bicyclic) bond motifs is 1. The largest absolute Gasteiger partial charge is 0.379 e. The Labute approximate surface area is 245 Å². The Kier molecular flexibility index (Phi) is 7.80. The summed E-state index contributed by atoms with van der Waals surface area (Å²) in [5.74, 6) is -0.553. The normalized spacial score (nSPS) is 13.5. The molecule has 3 N–H and O–H groups in total. The third-order valence-electron chi connectivity index (χ3n) is 7.79. The first-order chi connectivity index (χ1) is 20.6. The Bertz CT molecular complexity index is 1760. The number of nitrogens with two attached hydrogens (primary N) is 1. The number of pyridine rings is 1. The van der Waals surface area contributed by atoms with Crippen LogP contribution in [0, 0.1) is 11.3 Å². The molecule has 4 aromatic carbocycles. The number of piperazine rings is 1. The van der Waals surface area contributed by atoms with Crippen molar-refractivity contribution in [3.05, 3.63) is 125 Å². The maximum absolute atomic E-state index is 12.9. The van der Waals surface area contributed by atoms with E-state index >= 15 is 0 Å². The highest BCUT2D eigenvalue weighted by Crippen LogP contribution is 2.42. The van der Waals surface area contributed by atoms with Crippen molar-refractivity contribution in [2.24, 2.45) is 5.73 Å². The molecule has 1 aliphatic rings. The van der Waals surface area contributed by atoms with Crippen LogP contribution in [-0.2, 0) is 13.1 Å². The van der Waals surface area contributed by atoms with E-state index in [-0.39, 0.29) is 0 Å². The van der Waals surface area contributed by atoms with E-state index in [1.807, 2.05) is 60.7 Å². The molecule has 1 aliphatic heterocycles. The predicted octanol–water partition coefficient (Wildman–Crippen LogP) is 5.81. The number of anilines is 2. The van der Waals surface area contributed by atoms with Crippen molar-refractivity contribution in [3.63, 3.8) is 0 Å². The third-order valence-corrected chi connectivity index (χ3v) is 7.79. The fraction of sp³-hybridized carbons (Fsp3) is 0.171. The van der Waals surface area contributed by atoms with Gasteiger partial charge in [-0.1, -0.05) is 78.9 Å². The van der Waals surface area contributed by atoms with Gasteiger partial charge in [-0.15, -0.1) is 0 Å². The van der Waals surface area contributed by atoms with E-state index < -0.39 is 5.91 Å². The summed E-state index contributed by atoms with van der Waals surface area (Å²) in [4.78, 5) is 22.6. The summed E-state index contributed by atoms with van der Waals surface area (Å²) >= 11 is 0. The number of primary amides is 1. The molecule has 1 amide bonds. The van der Waals surface area contributed by atoms with Gasteiger partial charge in [0.15, 0.2) is 0 Å². The van der Waals surface area contributed by atoms with E-state index in [0.717, 1.165) is 60.6 Å². The average molecular weight is 553 g/mol. The topological polar surface area (TPSA) is 98.3 Å². The minimum Gasteiger partial charge on any atom is -0.379 e. The number of benzene rings is 4. The van der Waals surface area contributed by atoms with Gasteiger partial charge in [0.2, 0.25) is 5.91 Å². The molecule has 42 heavy (non-hydrogen) atoms. The summed E-state index contributed by atoms with van der Waals surface area (Å²) in [6, 6.07) is 36.2. The highest BCUT2D eigenvalue weighted by atomic mass is 16.1. The molecule has 7 nitrogen and oxygen atoms in total. The molecule has 208 valence electrons. The van der Waals surface area contributed by atoms with E-state index in [1.54, 1.807) is 6.07 Å². The Hall–Kier alpha value is -5.19. The Balaban J connectivity index is 1.45. The van der Waals surface area contributed by atoms with Gasteiger partial charge < -0.3 is 16.0 Å². The zero-order chi connectivity index (χ0) is 28.9. The molecule has 1 aromatic heterocycles. The predicted molar refractivity (Wildman–Crippen MR) is 168 cm³/mol. The monoisotopic (exact) mass is 552 g/mol. The van der Waals surface area contributed by atoms with Gasteiger partial charge in [0.1, 0.15) is 6.07 Å². The molecule has 0 radical (unpaired) electrons. The quantitative estimate of drug-likeness (QED) is 0.252. The maximum atomic E-state index is 12.9. The van der Waals surface area contributed by atoms with Gasteiger partial charge in [-0.3, -0.25) is 9.69 Å². The Morgan fingerprint density at radius 2 is 1.52 bits per heavy atom. The van der Waals surface area contributed by atoms with E-state index in [2.05, 4.69) is 57.6 Å². The van der Waals surface area contributed by atoms with Gasteiger partial charge in [0.05, 0.1) is 33.7 Å². The number of aromatic nitrogens is 1. The van der Waals surface area contributed by atoms with Crippen LogP contribution in [-0.4, -0.2) is 42.0 Å². The summed E-state index contributed by atoms with van der Waals surface area (Å²) in [5, 5.41) is 14.7. The summed E-state index contributed by atoms with van der Waals surface area (Å²) in [6.45, 7) is 4.68. The lowest BCUT2D eigenvalue weighted by Crippen LogP contribution is -2.46. The van der Waals surface area contributed by atoms with Gasteiger partial charge in [0.25, 0.3) is 0 Å². The first-order valence-corrected chi connectivity index (χ1v) is 14.2. The second-order valence-electron chi connectivity index (χ2n) is 10.5. The lowest BCUT2D eigenvalue weighted by Gasteiger charge is -2.38. The van der Waals surface area contributed by atoms with E-state index in [0.29, 0.717) is 28.9 Å². The number of amides is 1. The van der Waals surface area contributed by atoms with Crippen molar-refractivity contribution < 1.29 is 4.79 Å². The lowest BCUT2D eigenvalue weighted by molar-refractivity contribution is 0.100. The second-order valence-corrected chi connectivity index (χ2v) is 10.5. The summed E-state index contributed by atoms with van der Waals surface area (Å²) in [6.07, 6.45) is 0. The number of nitriles is 1. The average Bonchev–Trinajstić information content (AvgIpc) is 3.04. The zero-order valence-electron chi connectivity index (χ0n) is 23.3. The third kappa shape index (κ3) is 5.67. The van der Waals surface area contributed by atoms with Gasteiger partial charge in [0, 0.05) is 50.2 Å². The maximum Gasteiger partial charge on any atom is 0.249 e. The lowest BCUT2D eigenvalue weighted by atomic mass is 9.94. The molecule has 1 saturated heterocycles. The van der Waals surface area contributed by atoms with Gasteiger partial charge in [-0.25, -0.2) is 4.98 Å². The molecule has 0 saturated carbocycles. The molecule has 0 unspecified atom stereocenters. The molecule has 5 aromatic rings. The molecular formula is C35H32N6O. The van der Waals surface area contributed by atoms with E-state index in [1.165, 1.54) is 5.56 Å². The van der Waals surface area contributed by atoms with Crippen molar-refractivity contribution in [2.45, 2.75) is 13.1 Å². The highest BCUT2D eigenvalue weighted by Gasteiger charge is 2.28. The number of rotatable bonds is 8. The second kappa shape index (κ2) is 12.1. The standard InChI is InChI=1S/C35H32N6O/c36-22-28-21-27-13-7-8-14-30(27)39-33(28)32-29(35(37)42)15-16-31(38-23-25-9-3-1-4-10-25)34(32)41-19-17-40(18-20-41)24-26-11-5-2-6-12-26/h1-16,21,38H,17-20,23-24H2,(H2,37,42). The number of hydrogen-bond acceptors (Lipinski definition) is 6. The fourth-order valence-electron chi connectivity index (χ4n) is 5.66. The van der Waals surface area contributed by atoms with Crippen LogP contribution in [0.1, 0.15) is 27.0 Å². The zero-order valence-corrected chi connectivity index (χ0v) is 23.3. The van der Waals surface area contributed by atoms with Crippen LogP contribution in [0.15, 0.2) is 103 Å². The van der Waals surface area contributed by atoms with Crippen LogP contribution < -0.4 is 16.0 Å². The molecular weight excluding hydrogens is 520 g/mol. The molecule has 0 spiro atoms. The molecule has 6 rings (SSSR count).